The fourth-order valence-corrected chi connectivity index (χ4v) is 3.12. The zero-order valence-corrected chi connectivity index (χ0v) is 17.2. The number of hydrogen-bond donors (Lipinski definition) is 1. The first-order valence-corrected chi connectivity index (χ1v) is 9.17. The van der Waals surface area contributed by atoms with Crippen molar-refractivity contribution < 1.29 is 19.1 Å². The number of nitrogens with one attached hydrogen (secondary N) is 1. The summed E-state index contributed by atoms with van der Waals surface area (Å²) in [5, 5.41) is 2.82. The third-order valence-corrected chi connectivity index (χ3v) is 4.59. The topological polar surface area (TPSA) is 72.8 Å². The number of methoxy groups -OCH3 is 2. The van der Waals surface area contributed by atoms with Crippen LogP contribution in [-0.2, 0) is 16.1 Å². The zero-order valence-electron chi connectivity index (χ0n) is 17.2. The zero-order chi connectivity index (χ0) is 20.7. The quantitative estimate of drug-likeness (QED) is 0.634. The van der Waals surface area contributed by atoms with E-state index in [1.807, 2.05) is 19.9 Å². The highest BCUT2D eigenvalue weighted by molar-refractivity contribution is 5.99. The molecule has 0 fully saturated rings. The number of carbonyl (C=O) groups is 2. The summed E-state index contributed by atoms with van der Waals surface area (Å²) >= 11 is 0. The van der Waals surface area contributed by atoms with Crippen LogP contribution in [0.2, 0.25) is 0 Å². The molecule has 7 nitrogen and oxygen atoms in total. The third-order valence-electron chi connectivity index (χ3n) is 4.59. The summed E-state index contributed by atoms with van der Waals surface area (Å²) in [6, 6.07) is 9.01. The van der Waals surface area contributed by atoms with Gasteiger partial charge in [0, 0.05) is 36.3 Å². The van der Waals surface area contributed by atoms with Gasteiger partial charge in [-0.1, -0.05) is 0 Å². The van der Waals surface area contributed by atoms with E-state index in [1.54, 1.807) is 50.4 Å². The molecule has 0 saturated carbocycles. The Labute approximate surface area is 166 Å². The number of benzene rings is 1. The molecule has 1 aromatic carbocycles. The van der Waals surface area contributed by atoms with Crippen molar-refractivity contribution in [3.05, 3.63) is 47.3 Å². The molecule has 0 aliphatic heterocycles. The average molecular weight is 387 g/mol. The third kappa shape index (κ3) is 5.68. The minimum absolute atomic E-state index is 0.00323. The molecule has 7 heteroatoms. The Balaban J connectivity index is 1.92. The summed E-state index contributed by atoms with van der Waals surface area (Å²) in [6.07, 6.45) is 0. The summed E-state index contributed by atoms with van der Waals surface area (Å²) in [4.78, 5) is 26.6. The number of ketones is 1. The van der Waals surface area contributed by atoms with Gasteiger partial charge in [0.25, 0.3) is 0 Å². The van der Waals surface area contributed by atoms with Crippen LogP contribution in [-0.4, -0.2) is 62.1 Å². The van der Waals surface area contributed by atoms with Gasteiger partial charge in [0.05, 0.1) is 26.8 Å². The Morgan fingerprint density at radius 1 is 1.11 bits per heavy atom. The first-order valence-electron chi connectivity index (χ1n) is 9.17. The smallest absolute Gasteiger partial charge is 0.238 e. The summed E-state index contributed by atoms with van der Waals surface area (Å²) in [5.74, 6) is 0.548. The van der Waals surface area contributed by atoms with Crippen LogP contribution in [0.5, 0.6) is 5.75 Å². The lowest BCUT2D eigenvalue weighted by atomic mass is 10.1. The van der Waals surface area contributed by atoms with Crippen LogP contribution < -0.4 is 10.1 Å². The number of carbonyl (C=O) groups excluding carboxylic acids is 2. The molecule has 0 atom stereocenters. The second-order valence-corrected chi connectivity index (χ2v) is 6.80. The van der Waals surface area contributed by atoms with Crippen LogP contribution in [0.15, 0.2) is 30.3 Å². The van der Waals surface area contributed by atoms with E-state index in [-0.39, 0.29) is 24.8 Å². The molecule has 28 heavy (non-hydrogen) atoms. The van der Waals surface area contributed by atoms with Crippen molar-refractivity contribution >= 4 is 17.4 Å². The number of nitrogens with zero attached hydrogens (tertiary/aromatic N) is 2. The molecule has 1 N–H and O–H groups in total. The van der Waals surface area contributed by atoms with E-state index in [0.717, 1.165) is 17.1 Å². The van der Waals surface area contributed by atoms with E-state index in [0.29, 0.717) is 24.4 Å². The van der Waals surface area contributed by atoms with E-state index in [1.165, 1.54) is 0 Å². The minimum atomic E-state index is -0.175. The standard InChI is InChI=1S/C21H29N3O4/c1-15-12-19(16(2)24(15)10-11-27-4)20(25)13-23(3)14-21(26)22-17-6-8-18(28-5)9-7-17/h6-9,12H,10-11,13-14H2,1-5H3,(H,22,26). The van der Waals surface area contributed by atoms with Crippen LogP contribution in [0.1, 0.15) is 21.7 Å². The molecule has 0 saturated heterocycles. The van der Waals surface area contributed by atoms with E-state index in [9.17, 15) is 9.59 Å². The highest BCUT2D eigenvalue weighted by Gasteiger charge is 2.18. The normalized spacial score (nSPS) is 10.9. The van der Waals surface area contributed by atoms with Gasteiger partial charge in [-0.2, -0.15) is 0 Å². The predicted octanol–water partition coefficient (Wildman–Crippen LogP) is 2.51. The van der Waals surface area contributed by atoms with Crippen molar-refractivity contribution in [2.45, 2.75) is 20.4 Å². The number of ether oxygens (including phenoxy) is 2. The molecule has 0 aliphatic carbocycles. The van der Waals surface area contributed by atoms with Gasteiger partial charge in [0.2, 0.25) is 5.91 Å². The molecule has 2 aromatic rings. The highest BCUT2D eigenvalue weighted by atomic mass is 16.5. The maximum Gasteiger partial charge on any atom is 0.238 e. The molecule has 1 heterocycles. The van der Waals surface area contributed by atoms with E-state index < -0.39 is 0 Å². The minimum Gasteiger partial charge on any atom is -0.497 e. The number of aromatic nitrogens is 1. The van der Waals surface area contributed by atoms with Crippen molar-refractivity contribution in [3.63, 3.8) is 0 Å². The van der Waals surface area contributed by atoms with Gasteiger partial charge in [0.1, 0.15) is 5.75 Å². The fourth-order valence-electron chi connectivity index (χ4n) is 3.12. The number of rotatable bonds is 10. The van der Waals surface area contributed by atoms with Gasteiger partial charge >= 0.3 is 0 Å². The van der Waals surface area contributed by atoms with Crippen LogP contribution in [0, 0.1) is 13.8 Å². The molecule has 0 bridgehead atoms. The second kappa shape index (κ2) is 10.1. The predicted molar refractivity (Wildman–Crippen MR) is 109 cm³/mol. The summed E-state index contributed by atoms with van der Waals surface area (Å²) < 4.78 is 12.3. The molecule has 1 aromatic heterocycles. The van der Waals surface area contributed by atoms with Gasteiger partial charge < -0.3 is 19.4 Å². The maximum atomic E-state index is 12.7. The summed E-state index contributed by atoms with van der Waals surface area (Å²) in [6.45, 7) is 5.51. The number of likely N-dealkylation sites (N-methyl/N-ethyl adjacent to an activating group) is 1. The highest BCUT2D eigenvalue weighted by Crippen LogP contribution is 2.17. The van der Waals surface area contributed by atoms with Crippen molar-refractivity contribution in [1.82, 2.24) is 9.47 Å². The number of Topliss-reactive ketones (excluding diaryl/α,β-unsaturated/α-hetero) is 1. The van der Waals surface area contributed by atoms with Gasteiger partial charge in [-0.3, -0.25) is 14.5 Å². The number of aryl methyl sites for hydroxylation is 1. The Bertz CT molecular complexity index is 812. The number of anilines is 1. The van der Waals surface area contributed by atoms with Crippen molar-refractivity contribution in [2.24, 2.45) is 0 Å². The molecule has 0 radical (unpaired) electrons. The Morgan fingerprint density at radius 3 is 2.39 bits per heavy atom. The van der Waals surface area contributed by atoms with E-state index >= 15 is 0 Å². The molecule has 0 spiro atoms. The SMILES string of the molecule is COCCn1c(C)cc(C(=O)CN(C)CC(=O)Nc2ccc(OC)cc2)c1C. The summed E-state index contributed by atoms with van der Waals surface area (Å²) in [7, 11) is 5.01. The molecule has 152 valence electrons. The molecule has 1 amide bonds. The van der Waals surface area contributed by atoms with Crippen molar-refractivity contribution in [1.29, 1.82) is 0 Å². The van der Waals surface area contributed by atoms with Gasteiger partial charge in [-0.05, 0) is 51.2 Å². The van der Waals surface area contributed by atoms with Gasteiger partial charge in [-0.15, -0.1) is 0 Å². The first kappa shape index (κ1) is 21.7. The van der Waals surface area contributed by atoms with Crippen molar-refractivity contribution in [3.8, 4) is 5.75 Å². The van der Waals surface area contributed by atoms with Crippen LogP contribution in [0.3, 0.4) is 0 Å². The maximum absolute atomic E-state index is 12.7. The van der Waals surface area contributed by atoms with Gasteiger partial charge in [-0.25, -0.2) is 0 Å². The van der Waals surface area contributed by atoms with E-state index in [4.69, 9.17) is 9.47 Å². The fraction of sp³-hybridized carbons (Fsp3) is 0.429. The van der Waals surface area contributed by atoms with Crippen LogP contribution in [0.25, 0.3) is 0 Å². The molecule has 0 aliphatic rings. The Kier molecular flexibility index (Phi) is 7.78. The lowest BCUT2D eigenvalue weighted by Gasteiger charge is -2.16. The van der Waals surface area contributed by atoms with Crippen LogP contribution in [0.4, 0.5) is 5.69 Å². The first-order chi connectivity index (χ1) is 13.3. The lowest BCUT2D eigenvalue weighted by Crippen LogP contribution is -2.34. The molecule has 2 rings (SSSR count). The largest absolute Gasteiger partial charge is 0.497 e. The molecular weight excluding hydrogens is 358 g/mol. The van der Waals surface area contributed by atoms with E-state index in [2.05, 4.69) is 9.88 Å². The Hall–Kier alpha value is -2.64. The summed E-state index contributed by atoms with van der Waals surface area (Å²) in [5.41, 5.74) is 3.33. The number of amides is 1. The van der Waals surface area contributed by atoms with Crippen LogP contribution >= 0.6 is 0 Å². The second-order valence-electron chi connectivity index (χ2n) is 6.80. The monoisotopic (exact) mass is 387 g/mol. The average Bonchev–Trinajstić information content (AvgIpc) is 2.94. The van der Waals surface area contributed by atoms with Crippen molar-refractivity contribution in [2.75, 3.05) is 46.3 Å². The number of hydrogen-bond acceptors (Lipinski definition) is 5. The molecule has 0 unspecified atom stereocenters. The van der Waals surface area contributed by atoms with Gasteiger partial charge in [0.15, 0.2) is 5.78 Å². The Morgan fingerprint density at radius 2 is 1.79 bits per heavy atom. The molecular formula is C21H29N3O4. The lowest BCUT2D eigenvalue weighted by molar-refractivity contribution is -0.116.